The first-order valence-corrected chi connectivity index (χ1v) is 13.0. The Morgan fingerprint density at radius 3 is 2.76 bits per heavy atom. The third-order valence-electron chi connectivity index (χ3n) is 6.58. The SMILES string of the molecule is COC(=O)c1ccc(C#CCN2C(=O)CCC2CC[C@@H](O)[C@@H](C)CCCCc2ccccc2)s1. The summed E-state index contributed by atoms with van der Waals surface area (Å²) in [4.78, 5) is 27.1. The predicted molar refractivity (Wildman–Crippen MR) is 136 cm³/mol. The van der Waals surface area contributed by atoms with E-state index in [1.54, 1.807) is 12.1 Å². The summed E-state index contributed by atoms with van der Waals surface area (Å²) in [7, 11) is 1.36. The molecule has 0 bridgehead atoms. The molecule has 2 heterocycles. The zero-order valence-electron chi connectivity index (χ0n) is 20.2. The number of thiophene rings is 1. The summed E-state index contributed by atoms with van der Waals surface area (Å²) in [6, 6.07) is 14.2. The number of hydrogen-bond donors (Lipinski definition) is 1. The molecule has 34 heavy (non-hydrogen) atoms. The van der Waals surface area contributed by atoms with Gasteiger partial charge in [-0.15, -0.1) is 11.3 Å². The van der Waals surface area contributed by atoms with Crippen molar-refractivity contribution >= 4 is 23.2 Å². The zero-order valence-corrected chi connectivity index (χ0v) is 21.0. The summed E-state index contributed by atoms with van der Waals surface area (Å²) >= 11 is 1.29. The van der Waals surface area contributed by atoms with E-state index < -0.39 is 0 Å². The van der Waals surface area contributed by atoms with Crippen LogP contribution < -0.4 is 0 Å². The number of benzene rings is 1. The number of unbranched alkanes of at least 4 members (excludes halogenated alkanes) is 1. The maximum atomic E-state index is 12.4. The quantitative estimate of drug-likeness (QED) is 0.277. The van der Waals surface area contributed by atoms with Gasteiger partial charge in [0.1, 0.15) is 4.88 Å². The molecule has 5 nitrogen and oxygen atoms in total. The number of hydrogen-bond acceptors (Lipinski definition) is 5. The van der Waals surface area contributed by atoms with Gasteiger partial charge in [0.05, 0.1) is 24.6 Å². The van der Waals surface area contributed by atoms with Crippen LogP contribution in [0.2, 0.25) is 0 Å². The van der Waals surface area contributed by atoms with E-state index in [9.17, 15) is 14.7 Å². The number of methoxy groups -OCH3 is 1. The molecule has 2 aromatic rings. The van der Waals surface area contributed by atoms with Gasteiger partial charge in [0.15, 0.2) is 0 Å². The molecule has 0 aliphatic carbocycles. The number of aryl methyl sites for hydroxylation is 1. The van der Waals surface area contributed by atoms with Crippen LogP contribution in [-0.4, -0.2) is 47.7 Å². The number of amides is 1. The van der Waals surface area contributed by atoms with Crippen LogP contribution in [0.25, 0.3) is 0 Å². The van der Waals surface area contributed by atoms with Gasteiger partial charge in [-0.3, -0.25) is 4.79 Å². The van der Waals surface area contributed by atoms with E-state index in [-0.39, 0.29) is 29.9 Å². The first-order valence-electron chi connectivity index (χ1n) is 12.2. The molecule has 1 aliphatic heterocycles. The third-order valence-corrected chi connectivity index (χ3v) is 7.56. The zero-order chi connectivity index (χ0) is 24.3. The van der Waals surface area contributed by atoms with E-state index in [4.69, 9.17) is 4.74 Å². The molecule has 1 aliphatic rings. The molecule has 1 aromatic heterocycles. The smallest absolute Gasteiger partial charge is 0.348 e. The molecule has 0 saturated carbocycles. The Morgan fingerprint density at radius 1 is 1.21 bits per heavy atom. The molecule has 3 atom stereocenters. The Morgan fingerprint density at radius 2 is 2.00 bits per heavy atom. The molecule has 1 amide bonds. The van der Waals surface area contributed by atoms with Gasteiger partial charge < -0.3 is 14.7 Å². The van der Waals surface area contributed by atoms with E-state index in [2.05, 4.69) is 43.0 Å². The van der Waals surface area contributed by atoms with Gasteiger partial charge >= 0.3 is 5.97 Å². The highest BCUT2D eigenvalue weighted by molar-refractivity contribution is 7.14. The van der Waals surface area contributed by atoms with Crippen molar-refractivity contribution in [2.75, 3.05) is 13.7 Å². The van der Waals surface area contributed by atoms with Gasteiger partial charge in [0, 0.05) is 12.5 Å². The first-order chi connectivity index (χ1) is 16.5. The van der Waals surface area contributed by atoms with Crippen LogP contribution in [0.1, 0.15) is 72.0 Å². The molecule has 1 fully saturated rings. The average molecular weight is 482 g/mol. The number of carbonyl (C=O) groups excluding carboxylic acids is 2. The number of rotatable bonds is 11. The van der Waals surface area contributed by atoms with Crippen LogP contribution in [0, 0.1) is 17.8 Å². The lowest BCUT2D eigenvalue weighted by molar-refractivity contribution is -0.128. The van der Waals surface area contributed by atoms with Crippen LogP contribution in [0.15, 0.2) is 42.5 Å². The highest BCUT2D eigenvalue weighted by Gasteiger charge is 2.30. The third kappa shape index (κ3) is 7.72. The molecular formula is C28H35NO4S. The Bertz CT molecular complexity index is 991. The summed E-state index contributed by atoms with van der Waals surface area (Å²) < 4.78 is 4.72. The van der Waals surface area contributed by atoms with Crippen molar-refractivity contribution in [3.05, 3.63) is 57.8 Å². The van der Waals surface area contributed by atoms with Crippen LogP contribution in [0.5, 0.6) is 0 Å². The Balaban J connectivity index is 1.40. The largest absolute Gasteiger partial charge is 0.465 e. The van der Waals surface area contributed by atoms with Gasteiger partial charge in [-0.1, -0.05) is 55.5 Å². The maximum absolute atomic E-state index is 12.4. The maximum Gasteiger partial charge on any atom is 0.348 e. The Labute approximate surface area is 207 Å². The van der Waals surface area contributed by atoms with Crippen molar-refractivity contribution in [3.8, 4) is 11.8 Å². The Kier molecular flexibility index (Phi) is 10.2. The fourth-order valence-electron chi connectivity index (χ4n) is 4.42. The standard InChI is InChI=1S/C28H35NO4S/c1-21(9-6-7-12-22-10-4-3-5-11-22)25(30)17-14-23-15-19-27(31)29(23)20-8-13-24-16-18-26(34-24)28(32)33-2/h3-5,10-11,16,18,21,23,25,30H,6-7,9,12,14-15,17,19-20H2,1-2H3/t21-,23?,25+/m0/s1. The van der Waals surface area contributed by atoms with E-state index in [0.29, 0.717) is 24.3 Å². The molecule has 1 unspecified atom stereocenters. The lowest BCUT2D eigenvalue weighted by Gasteiger charge is -2.25. The minimum atomic E-state index is -0.364. The molecule has 0 spiro atoms. The second kappa shape index (κ2) is 13.3. The van der Waals surface area contributed by atoms with Crippen LogP contribution in [0.4, 0.5) is 0 Å². The highest BCUT2D eigenvalue weighted by Crippen LogP contribution is 2.25. The fraction of sp³-hybridized carbons (Fsp3) is 0.500. The number of carbonyl (C=O) groups is 2. The normalized spacial score (nSPS) is 17.2. The lowest BCUT2D eigenvalue weighted by atomic mass is 9.92. The van der Waals surface area contributed by atoms with Crippen molar-refractivity contribution < 1.29 is 19.4 Å². The summed E-state index contributed by atoms with van der Waals surface area (Å²) in [5.41, 5.74) is 1.37. The van der Waals surface area contributed by atoms with Crippen molar-refractivity contribution in [2.45, 2.75) is 70.4 Å². The van der Waals surface area contributed by atoms with Crippen molar-refractivity contribution in [1.29, 1.82) is 0 Å². The minimum absolute atomic E-state index is 0.129. The van der Waals surface area contributed by atoms with Gasteiger partial charge in [-0.05, 0) is 62.1 Å². The summed E-state index contributed by atoms with van der Waals surface area (Å²) in [6.45, 7) is 2.50. The van der Waals surface area contributed by atoms with E-state index >= 15 is 0 Å². The molecule has 6 heteroatoms. The number of aliphatic hydroxyl groups excluding tert-OH is 1. The van der Waals surface area contributed by atoms with Gasteiger partial charge in [-0.2, -0.15) is 0 Å². The molecule has 1 N–H and O–H groups in total. The predicted octanol–water partition coefficient (Wildman–Crippen LogP) is 5.07. The molecule has 1 saturated heterocycles. The topological polar surface area (TPSA) is 66.8 Å². The monoisotopic (exact) mass is 481 g/mol. The fourth-order valence-corrected chi connectivity index (χ4v) is 5.22. The number of ether oxygens (including phenoxy) is 1. The van der Waals surface area contributed by atoms with Gasteiger partial charge in [0.25, 0.3) is 0 Å². The summed E-state index contributed by atoms with van der Waals surface area (Å²) in [6.07, 6.45) is 6.87. The van der Waals surface area contributed by atoms with Crippen molar-refractivity contribution in [2.24, 2.45) is 5.92 Å². The van der Waals surface area contributed by atoms with E-state index in [1.807, 2.05) is 11.0 Å². The van der Waals surface area contributed by atoms with Crippen LogP contribution in [0.3, 0.4) is 0 Å². The number of nitrogens with zero attached hydrogens (tertiary/aromatic N) is 1. The average Bonchev–Trinajstić information content (AvgIpc) is 3.47. The van der Waals surface area contributed by atoms with Crippen LogP contribution >= 0.6 is 11.3 Å². The van der Waals surface area contributed by atoms with E-state index in [1.165, 1.54) is 24.0 Å². The molecule has 0 radical (unpaired) electrons. The highest BCUT2D eigenvalue weighted by atomic mass is 32.1. The molecule has 182 valence electrons. The minimum Gasteiger partial charge on any atom is -0.465 e. The van der Waals surface area contributed by atoms with Crippen LogP contribution in [-0.2, 0) is 16.0 Å². The van der Waals surface area contributed by atoms with Crippen molar-refractivity contribution in [3.63, 3.8) is 0 Å². The molecule has 3 rings (SSSR count). The number of aliphatic hydroxyl groups is 1. The van der Waals surface area contributed by atoms with E-state index in [0.717, 1.165) is 43.4 Å². The summed E-state index contributed by atoms with van der Waals surface area (Å²) in [5.74, 6) is 6.15. The molecule has 1 aromatic carbocycles. The second-order valence-corrected chi connectivity index (χ2v) is 10.1. The van der Waals surface area contributed by atoms with Gasteiger partial charge in [0.2, 0.25) is 5.91 Å². The number of likely N-dealkylation sites (tertiary alicyclic amines) is 1. The number of esters is 1. The van der Waals surface area contributed by atoms with Gasteiger partial charge in [-0.25, -0.2) is 4.79 Å². The Hall–Kier alpha value is -2.62. The first kappa shape index (κ1) is 26.0. The second-order valence-electron chi connectivity index (χ2n) is 9.02. The lowest BCUT2D eigenvalue weighted by Crippen LogP contribution is -2.34. The van der Waals surface area contributed by atoms with Crippen molar-refractivity contribution in [1.82, 2.24) is 4.90 Å². The summed E-state index contributed by atoms with van der Waals surface area (Å²) in [5, 5.41) is 10.7. The molecular weight excluding hydrogens is 446 g/mol.